The predicted octanol–water partition coefficient (Wildman–Crippen LogP) is 2.12. The summed E-state index contributed by atoms with van der Waals surface area (Å²) in [6.45, 7) is 7.10. The van der Waals surface area contributed by atoms with Gasteiger partial charge in [-0.15, -0.1) is 0 Å². The Morgan fingerprint density at radius 1 is 1.30 bits per heavy atom. The van der Waals surface area contributed by atoms with Gasteiger partial charge in [0.2, 0.25) is 5.89 Å². The van der Waals surface area contributed by atoms with Gasteiger partial charge in [-0.2, -0.15) is 4.98 Å². The van der Waals surface area contributed by atoms with Gasteiger partial charge in [-0.3, -0.25) is 4.90 Å². The molecule has 20 heavy (non-hydrogen) atoms. The lowest BCUT2D eigenvalue weighted by molar-refractivity contribution is 0.0880. The van der Waals surface area contributed by atoms with Crippen molar-refractivity contribution in [3.63, 3.8) is 0 Å². The molecular weight excluding hydrogens is 252 g/mol. The standard InChI is InChI=1S/C15H26N4O/c1-11-8-16-14(13-6-4-3-5-7-13)9-19(11)10-15-17-12(2)18-20-15/h11,13-14,16H,3-10H2,1-2H3. The fraction of sp³-hybridized carbons (Fsp3) is 0.867. The number of hydrogen-bond acceptors (Lipinski definition) is 5. The second-order valence-electron chi connectivity index (χ2n) is 6.43. The zero-order valence-corrected chi connectivity index (χ0v) is 12.6. The number of piperazine rings is 1. The summed E-state index contributed by atoms with van der Waals surface area (Å²) in [5, 5.41) is 7.64. The van der Waals surface area contributed by atoms with Crippen LogP contribution in [0.5, 0.6) is 0 Å². The molecule has 2 aliphatic rings. The van der Waals surface area contributed by atoms with Gasteiger partial charge < -0.3 is 9.84 Å². The second-order valence-corrected chi connectivity index (χ2v) is 6.43. The van der Waals surface area contributed by atoms with E-state index in [-0.39, 0.29) is 0 Å². The van der Waals surface area contributed by atoms with Crippen LogP contribution in [0.25, 0.3) is 0 Å². The Morgan fingerprint density at radius 3 is 2.80 bits per heavy atom. The Labute approximate surface area is 121 Å². The minimum atomic E-state index is 0.530. The average molecular weight is 278 g/mol. The third kappa shape index (κ3) is 3.20. The van der Waals surface area contributed by atoms with Gasteiger partial charge >= 0.3 is 0 Å². The fourth-order valence-corrected chi connectivity index (χ4v) is 3.60. The van der Waals surface area contributed by atoms with Crippen LogP contribution < -0.4 is 5.32 Å². The van der Waals surface area contributed by atoms with E-state index in [2.05, 4.69) is 27.3 Å². The molecule has 0 bridgehead atoms. The summed E-state index contributed by atoms with van der Waals surface area (Å²) in [4.78, 5) is 6.83. The zero-order chi connectivity index (χ0) is 13.9. The normalized spacial score (nSPS) is 29.7. The fourth-order valence-electron chi connectivity index (χ4n) is 3.60. The monoisotopic (exact) mass is 278 g/mol. The van der Waals surface area contributed by atoms with E-state index in [4.69, 9.17) is 4.52 Å². The molecule has 1 saturated carbocycles. The van der Waals surface area contributed by atoms with Crippen molar-refractivity contribution in [2.45, 2.75) is 64.6 Å². The summed E-state index contributed by atoms with van der Waals surface area (Å²) in [7, 11) is 0. The van der Waals surface area contributed by atoms with E-state index < -0.39 is 0 Å². The molecule has 1 aliphatic carbocycles. The third-order valence-corrected chi connectivity index (χ3v) is 4.86. The number of nitrogens with zero attached hydrogens (tertiary/aromatic N) is 3. The lowest BCUT2D eigenvalue weighted by Gasteiger charge is -2.42. The van der Waals surface area contributed by atoms with Crippen molar-refractivity contribution in [3.8, 4) is 0 Å². The number of aromatic nitrogens is 2. The van der Waals surface area contributed by atoms with E-state index in [1.165, 1.54) is 32.1 Å². The molecule has 3 rings (SSSR count). The predicted molar refractivity (Wildman–Crippen MR) is 77.3 cm³/mol. The van der Waals surface area contributed by atoms with Crippen LogP contribution in [0.3, 0.4) is 0 Å². The Balaban J connectivity index is 1.60. The van der Waals surface area contributed by atoms with Gasteiger partial charge in [0.15, 0.2) is 5.82 Å². The maximum atomic E-state index is 5.27. The SMILES string of the molecule is Cc1noc(CN2CC(C3CCCCC3)NCC2C)n1. The van der Waals surface area contributed by atoms with Crippen LogP contribution in [0.1, 0.15) is 50.7 Å². The smallest absolute Gasteiger partial charge is 0.240 e. The van der Waals surface area contributed by atoms with Crippen molar-refractivity contribution in [2.24, 2.45) is 5.92 Å². The van der Waals surface area contributed by atoms with E-state index in [1.807, 2.05) is 6.92 Å². The topological polar surface area (TPSA) is 54.2 Å². The van der Waals surface area contributed by atoms with Gasteiger partial charge in [0.05, 0.1) is 6.54 Å². The molecule has 1 aliphatic heterocycles. The van der Waals surface area contributed by atoms with E-state index in [0.29, 0.717) is 12.1 Å². The molecule has 2 atom stereocenters. The third-order valence-electron chi connectivity index (χ3n) is 4.86. The highest BCUT2D eigenvalue weighted by molar-refractivity contribution is 4.91. The second kappa shape index (κ2) is 6.22. The Bertz CT molecular complexity index is 427. The van der Waals surface area contributed by atoms with Crippen LogP contribution in [-0.4, -0.2) is 40.2 Å². The van der Waals surface area contributed by atoms with Gasteiger partial charge in [0, 0.05) is 25.2 Å². The molecule has 5 heteroatoms. The van der Waals surface area contributed by atoms with Gasteiger partial charge in [-0.1, -0.05) is 24.4 Å². The quantitative estimate of drug-likeness (QED) is 0.918. The largest absolute Gasteiger partial charge is 0.338 e. The Hall–Kier alpha value is -0.940. The lowest BCUT2D eigenvalue weighted by atomic mass is 9.82. The molecule has 5 nitrogen and oxygen atoms in total. The molecule has 1 N–H and O–H groups in total. The molecule has 1 aromatic heterocycles. The van der Waals surface area contributed by atoms with Crippen LogP contribution in [0.2, 0.25) is 0 Å². The Morgan fingerprint density at radius 2 is 2.10 bits per heavy atom. The average Bonchev–Trinajstić information content (AvgIpc) is 2.88. The summed E-state index contributed by atoms with van der Waals surface area (Å²) in [5.41, 5.74) is 0. The van der Waals surface area contributed by atoms with Crippen LogP contribution in [0.15, 0.2) is 4.52 Å². The highest BCUT2D eigenvalue weighted by Crippen LogP contribution is 2.28. The van der Waals surface area contributed by atoms with E-state index >= 15 is 0 Å². The highest BCUT2D eigenvalue weighted by Gasteiger charge is 2.31. The summed E-state index contributed by atoms with van der Waals surface area (Å²) in [6, 6.07) is 1.16. The first-order valence-corrected chi connectivity index (χ1v) is 7.99. The van der Waals surface area contributed by atoms with Crippen LogP contribution in [-0.2, 0) is 6.54 Å². The molecular formula is C15H26N4O. The van der Waals surface area contributed by atoms with Crippen molar-refractivity contribution in [1.82, 2.24) is 20.4 Å². The maximum Gasteiger partial charge on any atom is 0.240 e. The van der Waals surface area contributed by atoms with Crippen molar-refractivity contribution in [3.05, 3.63) is 11.7 Å². The van der Waals surface area contributed by atoms with Crippen LogP contribution in [0.4, 0.5) is 0 Å². The van der Waals surface area contributed by atoms with Gasteiger partial charge in [-0.25, -0.2) is 0 Å². The molecule has 1 aromatic rings. The lowest BCUT2D eigenvalue weighted by Crippen LogP contribution is -2.57. The highest BCUT2D eigenvalue weighted by atomic mass is 16.5. The first kappa shape index (κ1) is 14.0. The maximum absolute atomic E-state index is 5.27. The first-order valence-electron chi connectivity index (χ1n) is 7.99. The van der Waals surface area contributed by atoms with Crippen molar-refractivity contribution in [2.75, 3.05) is 13.1 Å². The van der Waals surface area contributed by atoms with E-state index in [0.717, 1.165) is 37.3 Å². The number of aryl methyl sites for hydroxylation is 1. The molecule has 2 heterocycles. The molecule has 0 radical (unpaired) electrons. The molecule has 2 fully saturated rings. The van der Waals surface area contributed by atoms with Crippen molar-refractivity contribution in [1.29, 1.82) is 0 Å². The molecule has 0 spiro atoms. The zero-order valence-electron chi connectivity index (χ0n) is 12.6. The number of hydrogen-bond donors (Lipinski definition) is 1. The van der Waals surface area contributed by atoms with Crippen LogP contribution >= 0.6 is 0 Å². The van der Waals surface area contributed by atoms with Gasteiger partial charge in [0.1, 0.15) is 0 Å². The number of rotatable bonds is 3. The molecule has 1 saturated heterocycles. The minimum absolute atomic E-state index is 0.530. The van der Waals surface area contributed by atoms with E-state index in [9.17, 15) is 0 Å². The summed E-state index contributed by atoms with van der Waals surface area (Å²) in [5.74, 6) is 2.33. The first-order chi connectivity index (χ1) is 9.72. The van der Waals surface area contributed by atoms with Crippen molar-refractivity contribution >= 4 is 0 Å². The minimum Gasteiger partial charge on any atom is -0.338 e. The summed E-state index contributed by atoms with van der Waals surface area (Å²) in [6.07, 6.45) is 7.01. The summed E-state index contributed by atoms with van der Waals surface area (Å²) >= 11 is 0. The Kier molecular flexibility index (Phi) is 4.36. The van der Waals surface area contributed by atoms with Gasteiger partial charge in [-0.05, 0) is 32.6 Å². The van der Waals surface area contributed by atoms with Crippen molar-refractivity contribution < 1.29 is 4.52 Å². The van der Waals surface area contributed by atoms with Gasteiger partial charge in [0.25, 0.3) is 0 Å². The molecule has 0 amide bonds. The van der Waals surface area contributed by atoms with E-state index in [1.54, 1.807) is 0 Å². The molecule has 0 aromatic carbocycles. The molecule has 2 unspecified atom stereocenters. The molecule has 112 valence electrons. The van der Waals surface area contributed by atoms with Crippen LogP contribution in [0, 0.1) is 12.8 Å². The summed E-state index contributed by atoms with van der Waals surface area (Å²) < 4.78 is 5.27. The number of nitrogens with one attached hydrogen (secondary N) is 1.